The van der Waals surface area contributed by atoms with Gasteiger partial charge in [-0.25, -0.2) is 0 Å². The molecule has 1 heterocycles. The van der Waals surface area contributed by atoms with Gasteiger partial charge in [-0.2, -0.15) is 10.2 Å². The lowest BCUT2D eigenvalue weighted by Crippen LogP contribution is -2.09. The van der Waals surface area contributed by atoms with Crippen LogP contribution in [0.15, 0.2) is 28.8 Å². The maximum Gasteiger partial charge on any atom is 0.417 e. The fourth-order valence-corrected chi connectivity index (χ4v) is 1.25. The van der Waals surface area contributed by atoms with Gasteiger partial charge in [-0.3, -0.25) is 4.52 Å². The summed E-state index contributed by atoms with van der Waals surface area (Å²) in [6.07, 6.45) is 0.135. The molecule has 0 radical (unpaired) electrons. The first-order valence-electron chi connectivity index (χ1n) is 5.34. The lowest BCUT2D eigenvalue weighted by Gasteiger charge is -2.05. The average Bonchev–Trinajstić information content (AvgIpc) is 2.81. The smallest absolute Gasteiger partial charge is 0.417 e. The van der Waals surface area contributed by atoms with Gasteiger partial charge < -0.3 is 9.47 Å². The summed E-state index contributed by atoms with van der Waals surface area (Å²) in [5.41, 5.74) is 0.597. The van der Waals surface area contributed by atoms with Crippen LogP contribution in [0.5, 0.6) is 11.8 Å². The monoisotopic (exact) mass is 245 g/mol. The van der Waals surface area contributed by atoms with Crippen molar-refractivity contribution >= 4 is 0 Å². The van der Waals surface area contributed by atoms with Crippen LogP contribution in [0.25, 0.3) is 0 Å². The highest BCUT2D eigenvalue weighted by molar-refractivity contribution is 5.34. The van der Waals surface area contributed by atoms with Crippen LogP contribution in [0.2, 0.25) is 0 Å². The lowest BCUT2D eigenvalue weighted by atomic mass is 10.2. The van der Waals surface area contributed by atoms with E-state index in [4.69, 9.17) is 19.3 Å². The third-order valence-electron chi connectivity index (χ3n) is 2.07. The third kappa shape index (κ3) is 3.22. The Morgan fingerprint density at radius 3 is 2.56 bits per heavy atom. The minimum absolute atomic E-state index is 0.135. The van der Waals surface area contributed by atoms with Crippen molar-refractivity contribution < 1.29 is 14.0 Å². The lowest BCUT2D eigenvalue weighted by molar-refractivity contribution is 0.162. The van der Waals surface area contributed by atoms with E-state index >= 15 is 0 Å². The molecule has 0 bridgehead atoms. The number of benzene rings is 1. The number of nitriles is 1. The Balaban J connectivity index is 1.73. The largest absolute Gasteiger partial charge is 0.490 e. The molecule has 6 heteroatoms. The van der Waals surface area contributed by atoms with Crippen LogP contribution in [-0.4, -0.2) is 23.4 Å². The summed E-state index contributed by atoms with van der Waals surface area (Å²) >= 11 is 0. The molecular weight excluding hydrogens is 234 g/mol. The molecule has 92 valence electrons. The molecule has 1 aromatic carbocycles. The molecule has 1 aromatic heterocycles. The molecule has 0 amide bonds. The zero-order chi connectivity index (χ0) is 12.8. The summed E-state index contributed by atoms with van der Waals surface area (Å²) in [5, 5.41) is 12.2. The maximum absolute atomic E-state index is 8.64. The molecule has 2 rings (SSSR count). The fraction of sp³-hybridized carbons (Fsp3) is 0.250. The van der Waals surface area contributed by atoms with E-state index < -0.39 is 0 Å². The Kier molecular flexibility index (Phi) is 3.76. The van der Waals surface area contributed by atoms with Crippen LogP contribution in [0.1, 0.15) is 11.4 Å². The van der Waals surface area contributed by atoms with Crippen molar-refractivity contribution in [3.05, 3.63) is 35.7 Å². The van der Waals surface area contributed by atoms with Crippen LogP contribution < -0.4 is 9.47 Å². The van der Waals surface area contributed by atoms with Crippen molar-refractivity contribution in [1.29, 1.82) is 5.26 Å². The predicted octanol–water partition coefficient (Wildman–Crippen LogP) is 1.71. The van der Waals surface area contributed by atoms with Gasteiger partial charge in [0.25, 0.3) is 0 Å². The molecular formula is C12H11N3O3. The van der Waals surface area contributed by atoms with Gasteiger partial charge in [0, 0.05) is 0 Å². The first kappa shape index (κ1) is 11.9. The van der Waals surface area contributed by atoms with Crippen LogP contribution in [-0.2, 0) is 0 Å². The van der Waals surface area contributed by atoms with E-state index in [9.17, 15) is 0 Å². The van der Waals surface area contributed by atoms with Gasteiger partial charge in [0.15, 0.2) is 5.82 Å². The van der Waals surface area contributed by atoms with Gasteiger partial charge in [0.05, 0.1) is 11.6 Å². The van der Waals surface area contributed by atoms with E-state index in [2.05, 4.69) is 10.1 Å². The van der Waals surface area contributed by atoms with Crippen molar-refractivity contribution in [2.75, 3.05) is 13.2 Å². The molecule has 6 nitrogen and oxygen atoms in total. The van der Waals surface area contributed by atoms with Gasteiger partial charge in [0.1, 0.15) is 19.0 Å². The van der Waals surface area contributed by atoms with Gasteiger partial charge in [-0.15, -0.1) is 0 Å². The summed E-state index contributed by atoms with van der Waals surface area (Å²) in [5.74, 6) is 1.21. The molecule has 0 saturated heterocycles. The Hall–Kier alpha value is -2.55. The van der Waals surface area contributed by atoms with Crippen molar-refractivity contribution in [2.45, 2.75) is 6.92 Å². The van der Waals surface area contributed by atoms with Crippen molar-refractivity contribution in [3.63, 3.8) is 0 Å². The highest BCUT2D eigenvalue weighted by Crippen LogP contribution is 2.11. The molecule has 0 aliphatic heterocycles. The molecule has 2 aromatic rings. The second kappa shape index (κ2) is 5.68. The highest BCUT2D eigenvalue weighted by atomic mass is 16.6. The predicted molar refractivity (Wildman–Crippen MR) is 61.2 cm³/mol. The van der Waals surface area contributed by atoms with E-state index in [0.29, 0.717) is 30.4 Å². The normalized spacial score (nSPS) is 9.78. The fourth-order valence-electron chi connectivity index (χ4n) is 1.25. The number of hydrogen-bond acceptors (Lipinski definition) is 6. The van der Waals surface area contributed by atoms with Gasteiger partial charge >= 0.3 is 6.08 Å². The topological polar surface area (TPSA) is 81.2 Å². The average molecular weight is 245 g/mol. The Morgan fingerprint density at radius 1 is 1.22 bits per heavy atom. The summed E-state index contributed by atoms with van der Waals surface area (Å²) in [6, 6.07) is 8.88. The molecule has 0 aliphatic rings. The standard InChI is InChI=1S/C12H11N3O3/c1-9-14-12(18-15-9)17-7-6-16-11-4-2-10(8-13)3-5-11/h2-5H,6-7H2,1H3. The Labute approximate surface area is 104 Å². The summed E-state index contributed by atoms with van der Waals surface area (Å²) < 4.78 is 15.4. The number of rotatable bonds is 5. The number of ether oxygens (including phenoxy) is 2. The molecule has 0 N–H and O–H groups in total. The Bertz CT molecular complexity index is 542. The SMILES string of the molecule is Cc1noc(OCCOc2ccc(C#N)cc2)n1. The zero-order valence-electron chi connectivity index (χ0n) is 9.79. The zero-order valence-corrected chi connectivity index (χ0v) is 9.79. The number of hydrogen-bond donors (Lipinski definition) is 0. The minimum Gasteiger partial charge on any atom is -0.490 e. The second-order valence-electron chi connectivity index (χ2n) is 3.44. The van der Waals surface area contributed by atoms with Crippen LogP contribution in [0, 0.1) is 18.3 Å². The maximum atomic E-state index is 8.64. The van der Waals surface area contributed by atoms with Crippen molar-refractivity contribution in [3.8, 4) is 17.9 Å². The summed E-state index contributed by atoms with van der Waals surface area (Å²) in [7, 11) is 0. The Morgan fingerprint density at radius 2 is 1.94 bits per heavy atom. The molecule has 0 fully saturated rings. The highest BCUT2D eigenvalue weighted by Gasteiger charge is 2.02. The number of aromatic nitrogens is 2. The first-order chi connectivity index (χ1) is 8.78. The second-order valence-corrected chi connectivity index (χ2v) is 3.44. The quantitative estimate of drug-likeness (QED) is 0.746. The molecule has 0 unspecified atom stereocenters. The van der Waals surface area contributed by atoms with E-state index in [-0.39, 0.29) is 6.08 Å². The summed E-state index contributed by atoms with van der Waals surface area (Å²) in [4.78, 5) is 3.89. The van der Waals surface area contributed by atoms with Crippen LogP contribution in [0.4, 0.5) is 0 Å². The molecule has 18 heavy (non-hydrogen) atoms. The molecule has 0 saturated carbocycles. The third-order valence-corrected chi connectivity index (χ3v) is 2.07. The summed E-state index contributed by atoms with van der Waals surface area (Å²) in [6.45, 7) is 2.37. The van der Waals surface area contributed by atoms with E-state index in [0.717, 1.165) is 0 Å². The molecule has 0 spiro atoms. The van der Waals surface area contributed by atoms with E-state index in [1.54, 1.807) is 31.2 Å². The van der Waals surface area contributed by atoms with E-state index in [1.165, 1.54) is 0 Å². The van der Waals surface area contributed by atoms with Crippen molar-refractivity contribution in [1.82, 2.24) is 10.1 Å². The van der Waals surface area contributed by atoms with Gasteiger partial charge in [0.2, 0.25) is 0 Å². The first-order valence-corrected chi connectivity index (χ1v) is 5.34. The van der Waals surface area contributed by atoms with Crippen LogP contribution in [0.3, 0.4) is 0 Å². The number of nitrogens with zero attached hydrogens (tertiary/aromatic N) is 3. The molecule has 0 atom stereocenters. The molecule has 0 aliphatic carbocycles. The van der Waals surface area contributed by atoms with Gasteiger partial charge in [-0.05, 0) is 31.2 Å². The van der Waals surface area contributed by atoms with E-state index in [1.807, 2.05) is 6.07 Å². The van der Waals surface area contributed by atoms with Crippen LogP contribution >= 0.6 is 0 Å². The van der Waals surface area contributed by atoms with Gasteiger partial charge in [-0.1, -0.05) is 5.16 Å². The minimum atomic E-state index is 0.135. The van der Waals surface area contributed by atoms with Crippen molar-refractivity contribution in [2.24, 2.45) is 0 Å². The number of aryl methyl sites for hydroxylation is 1.